The molecule has 0 atom stereocenters. The van der Waals surface area contributed by atoms with E-state index in [1.54, 1.807) is 33.3 Å². The van der Waals surface area contributed by atoms with Crippen LogP contribution in [0.4, 0.5) is 0 Å². The van der Waals surface area contributed by atoms with Crippen LogP contribution in [0.25, 0.3) is 0 Å². The molecule has 7 heteroatoms. The first kappa shape index (κ1) is 16.5. The smallest absolute Gasteiger partial charge is 0.308 e. The maximum absolute atomic E-state index is 12.0. The standard InChI is InChI=1S/C16H18N2O5/c1-9-11(8-15(19)20)16(21)18-14(17-9)7-10-4-5-12(22-2)13(6-10)23-3/h4-6H,7-8H2,1-3H3,(H,19,20)(H,17,18,21). The van der Waals surface area contributed by atoms with Crippen molar-refractivity contribution >= 4 is 5.97 Å². The second-order valence-corrected chi connectivity index (χ2v) is 5.01. The van der Waals surface area contributed by atoms with Gasteiger partial charge in [0.1, 0.15) is 5.82 Å². The maximum Gasteiger partial charge on any atom is 0.308 e. The van der Waals surface area contributed by atoms with Gasteiger partial charge in [-0.3, -0.25) is 9.59 Å². The van der Waals surface area contributed by atoms with Crippen LogP contribution in [0, 0.1) is 6.92 Å². The predicted molar refractivity (Wildman–Crippen MR) is 83.3 cm³/mol. The van der Waals surface area contributed by atoms with Crippen LogP contribution in [0.1, 0.15) is 22.6 Å². The highest BCUT2D eigenvalue weighted by atomic mass is 16.5. The fourth-order valence-corrected chi connectivity index (χ4v) is 2.30. The van der Waals surface area contributed by atoms with Crippen LogP contribution in [-0.2, 0) is 17.6 Å². The Morgan fingerprint density at radius 2 is 1.96 bits per heavy atom. The van der Waals surface area contributed by atoms with Gasteiger partial charge in [0.25, 0.3) is 5.56 Å². The van der Waals surface area contributed by atoms with Gasteiger partial charge in [-0.2, -0.15) is 0 Å². The van der Waals surface area contributed by atoms with Crippen molar-refractivity contribution in [2.24, 2.45) is 0 Å². The molecule has 1 aromatic carbocycles. The molecule has 0 unspecified atom stereocenters. The normalized spacial score (nSPS) is 10.4. The van der Waals surface area contributed by atoms with E-state index in [2.05, 4.69) is 9.97 Å². The number of nitrogens with one attached hydrogen (secondary N) is 1. The summed E-state index contributed by atoms with van der Waals surface area (Å²) in [7, 11) is 3.10. The molecule has 122 valence electrons. The molecule has 2 rings (SSSR count). The number of hydrogen-bond acceptors (Lipinski definition) is 5. The molecule has 23 heavy (non-hydrogen) atoms. The number of aryl methyl sites for hydroxylation is 1. The van der Waals surface area contributed by atoms with Crippen LogP contribution in [-0.4, -0.2) is 35.3 Å². The average molecular weight is 318 g/mol. The zero-order chi connectivity index (χ0) is 17.0. The lowest BCUT2D eigenvalue weighted by Gasteiger charge is -2.10. The van der Waals surface area contributed by atoms with E-state index in [4.69, 9.17) is 14.6 Å². The number of aromatic nitrogens is 2. The minimum absolute atomic E-state index is 0.175. The first-order chi connectivity index (χ1) is 10.9. The molecule has 0 aliphatic rings. The number of carbonyl (C=O) groups is 1. The second-order valence-electron chi connectivity index (χ2n) is 5.01. The molecule has 0 aliphatic carbocycles. The number of aliphatic carboxylic acids is 1. The highest BCUT2D eigenvalue weighted by molar-refractivity contribution is 5.70. The number of ether oxygens (including phenoxy) is 2. The van der Waals surface area contributed by atoms with Gasteiger partial charge in [0, 0.05) is 17.7 Å². The molecule has 7 nitrogen and oxygen atoms in total. The quantitative estimate of drug-likeness (QED) is 0.833. The number of methoxy groups -OCH3 is 2. The molecule has 1 aromatic heterocycles. The molecular formula is C16H18N2O5. The molecule has 2 N–H and O–H groups in total. The summed E-state index contributed by atoms with van der Waals surface area (Å²) in [6.07, 6.45) is 0.0502. The lowest BCUT2D eigenvalue weighted by atomic mass is 10.1. The number of carboxylic acid groups (broad SMARTS) is 1. The van der Waals surface area contributed by atoms with Crippen molar-refractivity contribution in [3.63, 3.8) is 0 Å². The molecule has 0 fully saturated rings. The Hall–Kier alpha value is -2.83. The molecule has 0 saturated heterocycles. The number of hydrogen-bond donors (Lipinski definition) is 2. The Labute approximate surface area is 132 Å². The van der Waals surface area contributed by atoms with Crippen molar-refractivity contribution in [3.05, 3.63) is 51.2 Å². The van der Waals surface area contributed by atoms with Crippen LogP contribution in [0.2, 0.25) is 0 Å². The molecular weight excluding hydrogens is 300 g/mol. The van der Waals surface area contributed by atoms with Crippen LogP contribution >= 0.6 is 0 Å². The molecule has 0 spiro atoms. The largest absolute Gasteiger partial charge is 0.493 e. The Morgan fingerprint density at radius 3 is 2.52 bits per heavy atom. The SMILES string of the molecule is COc1ccc(Cc2nc(C)c(CC(=O)O)c(=O)[nH]2)cc1OC. The van der Waals surface area contributed by atoms with E-state index in [0.717, 1.165) is 5.56 Å². The van der Waals surface area contributed by atoms with Crippen LogP contribution < -0.4 is 15.0 Å². The van der Waals surface area contributed by atoms with Gasteiger partial charge in [-0.25, -0.2) is 4.98 Å². The molecule has 0 aliphatic heterocycles. The second kappa shape index (κ2) is 6.95. The van der Waals surface area contributed by atoms with Gasteiger partial charge in [0.2, 0.25) is 0 Å². The third kappa shape index (κ3) is 3.88. The molecule has 1 heterocycles. The molecule has 0 bridgehead atoms. The maximum atomic E-state index is 12.0. The highest BCUT2D eigenvalue weighted by Crippen LogP contribution is 2.28. The van der Waals surface area contributed by atoms with E-state index in [1.165, 1.54) is 0 Å². The van der Waals surface area contributed by atoms with Gasteiger partial charge in [0.05, 0.1) is 20.6 Å². The molecule has 2 aromatic rings. The van der Waals surface area contributed by atoms with Gasteiger partial charge < -0.3 is 19.6 Å². The van der Waals surface area contributed by atoms with Crippen molar-refractivity contribution in [2.75, 3.05) is 14.2 Å². The number of nitrogens with zero attached hydrogens (tertiary/aromatic N) is 1. The third-order valence-electron chi connectivity index (χ3n) is 3.42. The Balaban J connectivity index is 2.30. The molecule has 0 amide bonds. The summed E-state index contributed by atoms with van der Waals surface area (Å²) in [5.41, 5.74) is 1.06. The van der Waals surface area contributed by atoms with Crippen molar-refractivity contribution in [2.45, 2.75) is 19.8 Å². The Kier molecular flexibility index (Phi) is 5.00. The minimum Gasteiger partial charge on any atom is -0.493 e. The summed E-state index contributed by atoms with van der Waals surface area (Å²) in [6.45, 7) is 1.63. The number of benzene rings is 1. The van der Waals surface area contributed by atoms with E-state index < -0.39 is 11.5 Å². The summed E-state index contributed by atoms with van der Waals surface area (Å²) in [5, 5.41) is 8.82. The monoisotopic (exact) mass is 318 g/mol. The zero-order valence-electron chi connectivity index (χ0n) is 13.2. The van der Waals surface area contributed by atoms with Crippen molar-refractivity contribution in [1.29, 1.82) is 0 Å². The first-order valence-electron chi connectivity index (χ1n) is 6.96. The highest BCUT2D eigenvalue weighted by Gasteiger charge is 2.12. The fraction of sp³-hybridized carbons (Fsp3) is 0.312. The number of rotatable bonds is 6. The lowest BCUT2D eigenvalue weighted by Crippen LogP contribution is -2.21. The van der Waals surface area contributed by atoms with Gasteiger partial charge in [-0.05, 0) is 24.6 Å². The first-order valence-corrected chi connectivity index (χ1v) is 6.96. The fourth-order valence-electron chi connectivity index (χ4n) is 2.30. The molecule has 0 radical (unpaired) electrons. The van der Waals surface area contributed by atoms with E-state index in [1.807, 2.05) is 6.07 Å². The Morgan fingerprint density at radius 1 is 1.26 bits per heavy atom. The predicted octanol–water partition coefficient (Wildman–Crippen LogP) is 1.31. The van der Waals surface area contributed by atoms with E-state index in [-0.39, 0.29) is 12.0 Å². The summed E-state index contributed by atoms with van der Waals surface area (Å²) in [6, 6.07) is 5.43. The van der Waals surface area contributed by atoms with Gasteiger partial charge >= 0.3 is 5.97 Å². The summed E-state index contributed by atoms with van der Waals surface area (Å²) in [5.74, 6) is 0.610. The van der Waals surface area contributed by atoms with Crippen molar-refractivity contribution < 1.29 is 19.4 Å². The topological polar surface area (TPSA) is 102 Å². The van der Waals surface area contributed by atoms with Crippen molar-refractivity contribution in [1.82, 2.24) is 9.97 Å². The summed E-state index contributed by atoms with van der Waals surface area (Å²) in [4.78, 5) is 29.7. The van der Waals surface area contributed by atoms with Gasteiger partial charge in [-0.1, -0.05) is 6.07 Å². The zero-order valence-corrected chi connectivity index (χ0v) is 13.2. The van der Waals surface area contributed by atoms with Crippen molar-refractivity contribution in [3.8, 4) is 11.5 Å². The molecule has 0 saturated carbocycles. The van der Waals surface area contributed by atoms with Gasteiger partial charge in [0.15, 0.2) is 11.5 Å². The number of carboxylic acids is 1. The van der Waals surface area contributed by atoms with E-state index in [9.17, 15) is 9.59 Å². The van der Waals surface area contributed by atoms with E-state index in [0.29, 0.717) is 29.4 Å². The summed E-state index contributed by atoms with van der Waals surface area (Å²) >= 11 is 0. The third-order valence-corrected chi connectivity index (χ3v) is 3.42. The number of aromatic amines is 1. The minimum atomic E-state index is -1.06. The lowest BCUT2D eigenvalue weighted by molar-refractivity contribution is -0.136. The van der Waals surface area contributed by atoms with Crippen LogP contribution in [0.3, 0.4) is 0 Å². The Bertz CT molecular complexity index is 783. The average Bonchev–Trinajstić information content (AvgIpc) is 2.50. The number of H-pyrrole nitrogens is 1. The van der Waals surface area contributed by atoms with Crippen LogP contribution in [0.15, 0.2) is 23.0 Å². The summed E-state index contributed by atoms with van der Waals surface area (Å²) < 4.78 is 10.4. The van der Waals surface area contributed by atoms with E-state index >= 15 is 0 Å². The van der Waals surface area contributed by atoms with Crippen LogP contribution in [0.5, 0.6) is 11.5 Å². The van der Waals surface area contributed by atoms with Gasteiger partial charge in [-0.15, -0.1) is 0 Å².